The van der Waals surface area contributed by atoms with E-state index in [1.54, 1.807) is 49.8 Å². The monoisotopic (exact) mass is 367 g/mol. The molecule has 0 fully saturated rings. The molecule has 6 heteroatoms. The van der Waals surface area contributed by atoms with Crippen molar-refractivity contribution in [2.75, 3.05) is 12.4 Å². The highest BCUT2D eigenvalue weighted by molar-refractivity contribution is 6.33. The fraction of sp³-hybridized carbons (Fsp3) is 0.150. The maximum atomic E-state index is 12.5. The van der Waals surface area contributed by atoms with Crippen LogP contribution < -0.4 is 10.1 Å². The zero-order valence-electron chi connectivity index (χ0n) is 14.5. The summed E-state index contributed by atoms with van der Waals surface area (Å²) in [6.07, 6.45) is 4.22. The lowest BCUT2D eigenvalue weighted by atomic mass is 10.1. The summed E-state index contributed by atoms with van der Waals surface area (Å²) in [5.74, 6) is 0.779. The van der Waals surface area contributed by atoms with Crippen LogP contribution in [0.2, 0.25) is 5.02 Å². The van der Waals surface area contributed by atoms with Gasteiger partial charge >= 0.3 is 0 Å². The minimum Gasteiger partial charge on any atom is -0.496 e. The molecular formula is C20H18ClN3O2. The van der Waals surface area contributed by atoms with Gasteiger partial charge in [0.05, 0.1) is 17.8 Å². The Morgan fingerprint density at radius 2 is 2.00 bits per heavy atom. The van der Waals surface area contributed by atoms with Crippen molar-refractivity contribution in [2.24, 2.45) is 0 Å². The second-order valence-electron chi connectivity index (χ2n) is 5.61. The van der Waals surface area contributed by atoms with Gasteiger partial charge in [-0.1, -0.05) is 18.5 Å². The standard InChI is InChI=1S/C20H18ClN3O2/c1-3-13-8-10-22-18(11-13)24-20(25)14-6-7-15(17(12-14)26-2)19-16(21)5-4-9-23-19/h4-12H,3H2,1-2H3,(H,22,24,25). The Kier molecular flexibility index (Phi) is 5.49. The van der Waals surface area contributed by atoms with Crippen LogP contribution in [0, 0.1) is 0 Å². The molecule has 2 heterocycles. The number of rotatable bonds is 5. The topological polar surface area (TPSA) is 64.1 Å². The Balaban J connectivity index is 1.89. The lowest BCUT2D eigenvalue weighted by Crippen LogP contribution is -2.13. The first-order chi connectivity index (χ1) is 12.6. The molecule has 1 amide bonds. The summed E-state index contributed by atoms with van der Waals surface area (Å²) in [6, 6.07) is 12.5. The SMILES string of the molecule is CCc1ccnc(NC(=O)c2ccc(-c3ncccc3Cl)c(OC)c2)c1. The molecule has 0 atom stereocenters. The Hall–Kier alpha value is -2.92. The Labute approximate surface area is 157 Å². The van der Waals surface area contributed by atoms with Gasteiger partial charge in [-0.2, -0.15) is 0 Å². The number of aryl methyl sites for hydroxylation is 1. The normalized spacial score (nSPS) is 10.4. The molecule has 26 heavy (non-hydrogen) atoms. The second-order valence-corrected chi connectivity index (χ2v) is 6.01. The number of nitrogens with zero attached hydrogens (tertiary/aromatic N) is 2. The van der Waals surface area contributed by atoms with Gasteiger partial charge in [0.1, 0.15) is 11.6 Å². The van der Waals surface area contributed by atoms with Crippen LogP contribution in [-0.4, -0.2) is 23.0 Å². The van der Waals surface area contributed by atoms with Crippen LogP contribution in [0.3, 0.4) is 0 Å². The molecule has 0 saturated heterocycles. The zero-order valence-corrected chi connectivity index (χ0v) is 15.2. The number of amides is 1. The molecule has 0 aliphatic rings. The molecule has 132 valence electrons. The quantitative estimate of drug-likeness (QED) is 0.714. The lowest BCUT2D eigenvalue weighted by molar-refractivity contribution is 0.102. The average molecular weight is 368 g/mol. The van der Waals surface area contributed by atoms with E-state index in [1.807, 2.05) is 19.1 Å². The van der Waals surface area contributed by atoms with Gasteiger partial charge in [0.25, 0.3) is 5.91 Å². The molecule has 1 N–H and O–H groups in total. The van der Waals surface area contributed by atoms with E-state index in [2.05, 4.69) is 15.3 Å². The van der Waals surface area contributed by atoms with Gasteiger partial charge in [-0.25, -0.2) is 4.98 Å². The van der Waals surface area contributed by atoms with E-state index in [4.69, 9.17) is 16.3 Å². The molecule has 0 unspecified atom stereocenters. The van der Waals surface area contributed by atoms with Crippen molar-refractivity contribution in [1.82, 2.24) is 9.97 Å². The molecule has 0 bridgehead atoms. The number of nitrogens with one attached hydrogen (secondary N) is 1. The highest BCUT2D eigenvalue weighted by Crippen LogP contribution is 2.33. The first-order valence-corrected chi connectivity index (χ1v) is 8.55. The molecule has 3 aromatic rings. The van der Waals surface area contributed by atoms with E-state index >= 15 is 0 Å². The van der Waals surface area contributed by atoms with Crippen molar-refractivity contribution in [1.29, 1.82) is 0 Å². The fourth-order valence-electron chi connectivity index (χ4n) is 2.56. The number of hydrogen-bond acceptors (Lipinski definition) is 4. The van der Waals surface area contributed by atoms with Gasteiger partial charge in [0.2, 0.25) is 0 Å². The molecular weight excluding hydrogens is 350 g/mol. The average Bonchev–Trinajstić information content (AvgIpc) is 2.68. The largest absolute Gasteiger partial charge is 0.496 e. The fourth-order valence-corrected chi connectivity index (χ4v) is 2.79. The second kappa shape index (κ2) is 7.97. The summed E-state index contributed by atoms with van der Waals surface area (Å²) in [6.45, 7) is 2.05. The molecule has 0 radical (unpaired) electrons. The molecule has 0 spiro atoms. The van der Waals surface area contributed by atoms with Crippen LogP contribution >= 0.6 is 11.6 Å². The number of methoxy groups -OCH3 is 1. The van der Waals surface area contributed by atoms with E-state index in [0.717, 1.165) is 17.5 Å². The number of carbonyl (C=O) groups excluding carboxylic acids is 1. The van der Waals surface area contributed by atoms with E-state index in [0.29, 0.717) is 27.8 Å². The summed E-state index contributed by atoms with van der Waals surface area (Å²) in [7, 11) is 1.55. The molecule has 1 aromatic carbocycles. The summed E-state index contributed by atoms with van der Waals surface area (Å²) in [5.41, 5.74) is 2.89. The number of anilines is 1. The maximum absolute atomic E-state index is 12.5. The predicted molar refractivity (Wildman–Crippen MR) is 103 cm³/mol. The molecule has 0 aliphatic heterocycles. The number of carbonyl (C=O) groups is 1. The number of ether oxygens (including phenoxy) is 1. The van der Waals surface area contributed by atoms with Gasteiger partial charge in [-0.15, -0.1) is 0 Å². The van der Waals surface area contributed by atoms with Crippen molar-refractivity contribution in [3.05, 3.63) is 71.0 Å². The number of halogens is 1. The predicted octanol–water partition coefficient (Wildman–Crippen LogP) is 4.62. The highest BCUT2D eigenvalue weighted by Gasteiger charge is 2.15. The molecule has 2 aromatic heterocycles. The number of pyridine rings is 2. The van der Waals surface area contributed by atoms with Crippen LogP contribution in [0.15, 0.2) is 54.9 Å². The molecule has 0 aliphatic carbocycles. The zero-order chi connectivity index (χ0) is 18.5. The smallest absolute Gasteiger partial charge is 0.256 e. The third-order valence-electron chi connectivity index (χ3n) is 3.95. The number of aromatic nitrogens is 2. The summed E-state index contributed by atoms with van der Waals surface area (Å²) in [4.78, 5) is 21.0. The van der Waals surface area contributed by atoms with Crippen LogP contribution in [0.5, 0.6) is 5.75 Å². The minimum absolute atomic E-state index is 0.261. The van der Waals surface area contributed by atoms with Crippen molar-refractivity contribution in [2.45, 2.75) is 13.3 Å². The van der Waals surface area contributed by atoms with Crippen molar-refractivity contribution < 1.29 is 9.53 Å². The number of benzene rings is 1. The Morgan fingerprint density at radius 3 is 2.73 bits per heavy atom. The molecule has 3 rings (SSSR count). The first-order valence-electron chi connectivity index (χ1n) is 8.17. The van der Waals surface area contributed by atoms with Crippen LogP contribution in [0.1, 0.15) is 22.8 Å². The third-order valence-corrected chi connectivity index (χ3v) is 4.26. The van der Waals surface area contributed by atoms with Gasteiger partial charge in [-0.3, -0.25) is 9.78 Å². The van der Waals surface area contributed by atoms with Gasteiger partial charge in [0, 0.05) is 23.5 Å². The maximum Gasteiger partial charge on any atom is 0.256 e. The van der Waals surface area contributed by atoms with Crippen molar-refractivity contribution in [3.8, 4) is 17.0 Å². The van der Waals surface area contributed by atoms with Gasteiger partial charge < -0.3 is 10.1 Å². The Morgan fingerprint density at radius 1 is 1.15 bits per heavy atom. The van der Waals surface area contributed by atoms with E-state index < -0.39 is 0 Å². The molecule has 5 nitrogen and oxygen atoms in total. The number of hydrogen-bond donors (Lipinski definition) is 1. The first kappa shape index (κ1) is 17.9. The third kappa shape index (κ3) is 3.83. The van der Waals surface area contributed by atoms with Crippen LogP contribution in [-0.2, 0) is 6.42 Å². The summed E-state index contributed by atoms with van der Waals surface area (Å²) >= 11 is 6.22. The molecule has 0 saturated carbocycles. The van der Waals surface area contributed by atoms with Crippen LogP contribution in [0.4, 0.5) is 5.82 Å². The van der Waals surface area contributed by atoms with E-state index in [9.17, 15) is 4.79 Å². The highest BCUT2D eigenvalue weighted by atomic mass is 35.5. The Bertz CT molecular complexity index is 944. The van der Waals surface area contributed by atoms with Gasteiger partial charge in [-0.05, 0) is 54.4 Å². The lowest BCUT2D eigenvalue weighted by Gasteiger charge is -2.11. The van der Waals surface area contributed by atoms with E-state index in [-0.39, 0.29) is 5.91 Å². The minimum atomic E-state index is -0.261. The van der Waals surface area contributed by atoms with Crippen molar-refractivity contribution >= 4 is 23.3 Å². The van der Waals surface area contributed by atoms with E-state index in [1.165, 1.54) is 0 Å². The summed E-state index contributed by atoms with van der Waals surface area (Å²) < 4.78 is 5.44. The summed E-state index contributed by atoms with van der Waals surface area (Å²) in [5, 5.41) is 3.32. The van der Waals surface area contributed by atoms with Gasteiger partial charge in [0.15, 0.2) is 0 Å². The van der Waals surface area contributed by atoms with Crippen molar-refractivity contribution in [3.63, 3.8) is 0 Å². The van der Waals surface area contributed by atoms with Crippen LogP contribution in [0.25, 0.3) is 11.3 Å².